The van der Waals surface area contributed by atoms with Crippen LogP contribution in [0.15, 0.2) is 12.3 Å². The molecule has 0 aromatic carbocycles. The molecule has 0 saturated heterocycles. The number of pyridine rings is 1. The molecule has 1 rings (SSSR count). The van der Waals surface area contributed by atoms with Crippen molar-refractivity contribution in [2.75, 3.05) is 0 Å². The third kappa shape index (κ3) is 1.46. The highest BCUT2D eigenvalue weighted by molar-refractivity contribution is 5.87. The highest BCUT2D eigenvalue weighted by Gasteiger charge is 2.07. The summed E-state index contributed by atoms with van der Waals surface area (Å²) in [5.74, 6) is -1.10. The van der Waals surface area contributed by atoms with E-state index in [9.17, 15) is 4.79 Å². The van der Waals surface area contributed by atoms with Gasteiger partial charge in [0, 0.05) is 0 Å². The number of carboxylic acid groups (broad SMARTS) is 1. The van der Waals surface area contributed by atoms with Gasteiger partial charge in [0.05, 0.1) is 6.20 Å². The summed E-state index contributed by atoms with van der Waals surface area (Å²) in [6, 6.07) is 1.36. The summed E-state index contributed by atoms with van der Waals surface area (Å²) in [6.45, 7) is 1.58. The van der Waals surface area contributed by atoms with Gasteiger partial charge in [-0.2, -0.15) is 0 Å². The van der Waals surface area contributed by atoms with E-state index in [1.807, 2.05) is 0 Å². The first kappa shape index (κ1) is 7.53. The lowest BCUT2D eigenvalue weighted by molar-refractivity contribution is 0.0689. The summed E-state index contributed by atoms with van der Waals surface area (Å²) >= 11 is 0. The molecule has 0 radical (unpaired) electrons. The van der Waals surface area contributed by atoms with Crippen molar-refractivity contribution in [2.45, 2.75) is 6.92 Å². The Hall–Kier alpha value is -1.58. The molecule has 2 N–H and O–H groups in total. The van der Waals surface area contributed by atoms with Gasteiger partial charge in [0.1, 0.15) is 5.75 Å². The number of aryl methyl sites for hydroxylation is 1. The van der Waals surface area contributed by atoms with Crippen molar-refractivity contribution >= 4 is 5.97 Å². The zero-order chi connectivity index (χ0) is 8.43. The van der Waals surface area contributed by atoms with E-state index in [1.54, 1.807) is 6.92 Å². The number of nitrogens with zero attached hydrogens (tertiary/aromatic N) is 1. The van der Waals surface area contributed by atoms with Crippen molar-refractivity contribution in [3.05, 3.63) is 23.5 Å². The lowest BCUT2D eigenvalue weighted by Gasteiger charge is -1.98. The van der Waals surface area contributed by atoms with E-state index in [1.165, 1.54) is 6.07 Å². The topological polar surface area (TPSA) is 70.4 Å². The molecular formula is C7H7NO3. The quantitative estimate of drug-likeness (QED) is 0.625. The van der Waals surface area contributed by atoms with E-state index in [-0.39, 0.29) is 11.4 Å². The maximum atomic E-state index is 10.4. The standard InChI is InChI=1S/C7H7NO3/c1-4-2-5(9)3-8-6(4)7(10)11/h2-3,9H,1H3,(H,10,11). The van der Waals surface area contributed by atoms with E-state index in [0.29, 0.717) is 5.56 Å². The number of rotatable bonds is 1. The Morgan fingerprint density at radius 2 is 2.27 bits per heavy atom. The average Bonchev–Trinajstić information content (AvgIpc) is 1.85. The van der Waals surface area contributed by atoms with Crippen LogP contribution in [-0.4, -0.2) is 21.2 Å². The van der Waals surface area contributed by atoms with Gasteiger partial charge < -0.3 is 10.2 Å². The second-order valence-electron chi connectivity index (χ2n) is 2.16. The van der Waals surface area contributed by atoms with Crippen molar-refractivity contribution in [1.29, 1.82) is 0 Å². The van der Waals surface area contributed by atoms with E-state index in [0.717, 1.165) is 6.20 Å². The molecule has 1 aromatic rings. The van der Waals surface area contributed by atoms with E-state index in [2.05, 4.69) is 4.98 Å². The molecule has 0 amide bonds. The fourth-order valence-electron chi connectivity index (χ4n) is 0.784. The predicted molar refractivity (Wildman–Crippen MR) is 37.6 cm³/mol. The van der Waals surface area contributed by atoms with E-state index < -0.39 is 5.97 Å². The molecule has 0 unspecified atom stereocenters. The lowest BCUT2D eigenvalue weighted by atomic mass is 10.2. The lowest BCUT2D eigenvalue weighted by Crippen LogP contribution is -2.02. The molecule has 0 aliphatic rings. The summed E-state index contributed by atoms with van der Waals surface area (Å²) in [7, 11) is 0. The number of aromatic carboxylic acids is 1. The van der Waals surface area contributed by atoms with Gasteiger partial charge in [-0.3, -0.25) is 0 Å². The Morgan fingerprint density at radius 3 is 2.73 bits per heavy atom. The third-order valence-electron chi connectivity index (χ3n) is 1.27. The van der Waals surface area contributed by atoms with E-state index in [4.69, 9.17) is 10.2 Å². The molecular weight excluding hydrogens is 146 g/mol. The Kier molecular flexibility index (Phi) is 1.76. The molecule has 0 atom stereocenters. The average molecular weight is 153 g/mol. The number of carbonyl (C=O) groups is 1. The molecule has 0 fully saturated rings. The van der Waals surface area contributed by atoms with Crippen LogP contribution in [0, 0.1) is 6.92 Å². The summed E-state index contributed by atoms with van der Waals surface area (Å²) < 4.78 is 0. The summed E-state index contributed by atoms with van der Waals surface area (Å²) in [5.41, 5.74) is 0.431. The number of aromatic hydroxyl groups is 1. The van der Waals surface area contributed by atoms with Gasteiger partial charge in [-0.05, 0) is 18.6 Å². The molecule has 0 bridgehead atoms. The van der Waals surface area contributed by atoms with Crippen molar-refractivity contribution in [1.82, 2.24) is 4.98 Å². The SMILES string of the molecule is Cc1cc(O)cnc1C(=O)O. The summed E-state index contributed by atoms with van der Waals surface area (Å²) in [5, 5.41) is 17.4. The molecule has 4 nitrogen and oxygen atoms in total. The molecule has 58 valence electrons. The zero-order valence-corrected chi connectivity index (χ0v) is 5.90. The first-order valence-electron chi connectivity index (χ1n) is 3.00. The maximum Gasteiger partial charge on any atom is 0.354 e. The van der Waals surface area contributed by atoms with Crippen molar-refractivity contribution in [2.24, 2.45) is 0 Å². The van der Waals surface area contributed by atoms with Gasteiger partial charge in [-0.1, -0.05) is 0 Å². The van der Waals surface area contributed by atoms with Gasteiger partial charge >= 0.3 is 5.97 Å². The monoisotopic (exact) mass is 153 g/mol. The summed E-state index contributed by atoms with van der Waals surface area (Å²) in [6.07, 6.45) is 1.11. The van der Waals surface area contributed by atoms with Crippen LogP contribution in [0.4, 0.5) is 0 Å². The van der Waals surface area contributed by atoms with Crippen molar-refractivity contribution in [3.8, 4) is 5.75 Å². The Morgan fingerprint density at radius 1 is 1.64 bits per heavy atom. The van der Waals surface area contributed by atoms with Crippen LogP contribution in [0.3, 0.4) is 0 Å². The van der Waals surface area contributed by atoms with E-state index >= 15 is 0 Å². The molecule has 0 spiro atoms. The largest absolute Gasteiger partial charge is 0.506 e. The van der Waals surface area contributed by atoms with Gasteiger partial charge in [0.2, 0.25) is 0 Å². The second kappa shape index (κ2) is 2.57. The highest BCUT2D eigenvalue weighted by atomic mass is 16.4. The molecule has 1 heterocycles. The fourth-order valence-corrected chi connectivity index (χ4v) is 0.784. The van der Waals surface area contributed by atoms with Gasteiger partial charge in [-0.25, -0.2) is 9.78 Å². The summed E-state index contributed by atoms with van der Waals surface area (Å²) in [4.78, 5) is 13.9. The van der Waals surface area contributed by atoms with Gasteiger partial charge in [-0.15, -0.1) is 0 Å². The Bertz CT molecular complexity index is 296. The smallest absolute Gasteiger partial charge is 0.354 e. The zero-order valence-electron chi connectivity index (χ0n) is 5.90. The van der Waals surface area contributed by atoms with Crippen LogP contribution < -0.4 is 0 Å². The minimum absolute atomic E-state index is 0.0208. The van der Waals surface area contributed by atoms with Crippen LogP contribution in [0.1, 0.15) is 16.1 Å². The second-order valence-corrected chi connectivity index (χ2v) is 2.16. The Balaban J connectivity index is 3.20. The molecule has 4 heteroatoms. The van der Waals surface area contributed by atoms with Crippen LogP contribution in [0.5, 0.6) is 5.75 Å². The first-order valence-corrected chi connectivity index (χ1v) is 3.00. The van der Waals surface area contributed by atoms with Gasteiger partial charge in [0.25, 0.3) is 0 Å². The molecule has 0 saturated carbocycles. The Labute approximate surface area is 63.1 Å². The molecule has 1 aromatic heterocycles. The highest BCUT2D eigenvalue weighted by Crippen LogP contribution is 2.11. The molecule has 0 aliphatic heterocycles. The van der Waals surface area contributed by atoms with Crippen LogP contribution in [-0.2, 0) is 0 Å². The van der Waals surface area contributed by atoms with Crippen LogP contribution in [0.25, 0.3) is 0 Å². The number of hydrogen-bond donors (Lipinski definition) is 2. The number of carboxylic acids is 1. The van der Waals surface area contributed by atoms with Crippen molar-refractivity contribution < 1.29 is 15.0 Å². The number of hydrogen-bond acceptors (Lipinski definition) is 3. The fraction of sp³-hybridized carbons (Fsp3) is 0.143. The van der Waals surface area contributed by atoms with Crippen LogP contribution >= 0.6 is 0 Å². The first-order chi connectivity index (χ1) is 5.11. The van der Waals surface area contributed by atoms with Gasteiger partial charge in [0.15, 0.2) is 5.69 Å². The predicted octanol–water partition coefficient (Wildman–Crippen LogP) is 0.794. The minimum Gasteiger partial charge on any atom is -0.506 e. The third-order valence-corrected chi connectivity index (χ3v) is 1.27. The molecule has 0 aliphatic carbocycles. The minimum atomic E-state index is -1.08. The maximum absolute atomic E-state index is 10.4. The normalized spacial score (nSPS) is 9.55. The number of aromatic nitrogens is 1. The molecule has 11 heavy (non-hydrogen) atoms. The van der Waals surface area contributed by atoms with Crippen LogP contribution in [0.2, 0.25) is 0 Å². The van der Waals surface area contributed by atoms with Crippen molar-refractivity contribution in [3.63, 3.8) is 0 Å².